The molecule has 1 N–H and O–H groups in total. The van der Waals surface area contributed by atoms with Crippen molar-refractivity contribution in [1.29, 1.82) is 0 Å². The highest BCUT2D eigenvalue weighted by molar-refractivity contribution is 7.87. The van der Waals surface area contributed by atoms with Gasteiger partial charge in [-0.3, -0.25) is 4.79 Å². The molecule has 2 atom stereocenters. The van der Waals surface area contributed by atoms with E-state index in [2.05, 4.69) is 0 Å². The van der Waals surface area contributed by atoms with E-state index in [1.807, 2.05) is 13.8 Å². The van der Waals surface area contributed by atoms with Gasteiger partial charge in [-0.2, -0.15) is 0 Å². The van der Waals surface area contributed by atoms with Crippen LogP contribution in [0.5, 0.6) is 0 Å². The average molecular weight is 294 g/mol. The lowest BCUT2D eigenvalue weighted by atomic mass is 9.90. The van der Waals surface area contributed by atoms with Gasteiger partial charge in [0.15, 0.2) is 5.75 Å². The third-order valence-corrected chi connectivity index (χ3v) is 4.24. The summed E-state index contributed by atoms with van der Waals surface area (Å²) in [6.07, 6.45) is 0.777. The summed E-state index contributed by atoms with van der Waals surface area (Å²) < 4.78 is 10.7. The molecule has 0 aromatic carbocycles. The second-order valence-corrected chi connectivity index (χ2v) is 5.50. The van der Waals surface area contributed by atoms with Gasteiger partial charge in [0.2, 0.25) is 0 Å². The normalized spacial score (nSPS) is 14.3. The van der Waals surface area contributed by atoms with Crippen molar-refractivity contribution in [2.45, 2.75) is 33.6 Å². The van der Waals surface area contributed by atoms with Crippen LogP contribution in [0.25, 0.3) is 0 Å². The Morgan fingerprint density at radius 1 is 1.26 bits per heavy atom. The molecular formula is C12H22O6S. The highest BCUT2D eigenvalue weighted by atomic mass is 32.2. The molecule has 0 aromatic heterocycles. The zero-order chi connectivity index (χ0) is 14.8. The highest BCUT2D eigenvalue weighted by Crippen LogP contribution is 2.19. The molecule has 0 amide bonds. The summed E-state index contributed by atoms with van der Waals surface area (Å²) in [7, 11) is 0. The first-order valence-electron chi connectivity index (χ1n) is 6.35. The van der Waals surface area contributed by atoms with Crippen LogP contribution in [0.4, 0.5) is 0 Å². The van der Waals surface area contributed by atoms with Gasteiger partial charge in [0.1, 0.15) is 13.2 Å². The Kier molecular flexibility index (Phi) is 9.63. The maximum atomic E-state index is 10.9. The molecule has 2 unspecified atom stereocenters. The van der Waals surface area contributed by atoms with E-state index in [4.69, 9.17) is 13.5 Å². The predicted octanol–water partition coefficient (Wildman–Crippen LogP) is 0.375. The maximum Gasteiger partial charge on any atom is 0.314 e. The minimum atomic E-state index is -1.32. The number of carbonyl (C=O) groups excluding carboxylic acids is 1. The monoisotopic (exact) mass is 294 g/mol. The molecule has 0 aliphatic heterocycles. The molecule has 0 bridgehead atoms. The number of carboxylic acids is 2. The first kappa shape index (κ1) is 18.2. The molecule has 0 aliphatic carbocycles. The summed E-state index contributed by atoms with van der Waals surface area (Å²) in [6.45, 7) is 6.15. The lowest BCUT2D eigenvalue weighted by molar-refractivity contribution is -0.313. The molecule has 0 radical (unpaired) electrons. The van der Waals surface area contributed by atoms with Crippen molar-refractivity contribution in [3.8, 4) is 0 Å². The average Bonchev–Trinajstić information content (AvgIpc) is 2.33. The van der Waals surface area contributed by atoms with Crippen LogP contribution in [-0.4, -0.2) is 36.0 Å². The van der Waals surface area contributed by atoms with Gasteiger partial charge in [-0.25, -0.2) is 0 Å². The molecule has 7 heteroatoms. The van der Waals surface area contributed by atoms with E-state index in [9.17, 15) is 14.7 Å². The topological polar surface area (TPSA) is 95.9 Å². The van der Waals surface area contributed by atoms with Crippen molar-refractivity contribution in [2.24, 2.45) is 11.8 Å². The lowest BCUT2D eigenvalue weighted by Crippen LogP contribution is -2.38. The highest BCUT2D eigenvalue weighted by Gasteiger charge is 2.27. The first-order valence-corrected chi connectivity index (χ1v) is 7.59. The molecular weight excluding hydrogens is 272 g/mol. The van der Waals surface area contributed by atoms with Crippen LogP contribution in [-0.2, 0) is 29.4 Å². The summed E-state index contributed by atoms with van der Waals surface area (Å²) in [5, 5.41) is 19.8. The van der Waals surface area contributed by atoms with Crippen molar-refractivity contribution in [3.05, 3.63) is 0 Å². The minimum Gasteiger partial charge on any atom is -0.550 e. The van der Waals surface area contributed by atoms with Crippen LogP contribution < -0.4 is 5.11 Å². The fraction of sp³-hybridized carbons (Fsp3) is 0.833. The Morgan fingerprint density at radius 2 is 1.79 bits per heavy atom. The quantitative estimate of drug-likeness (QED) is 0.553. The zero-order valence-corrected chi connectivity index (χ0v) is 12.4. The van der Waals surface area contributed by atoms with Gasteiger partial charge in [0.05, 0.1) is 5.92 Å². The van der Waals surface area contributed by atoms with Crippen LogP contribution in [0, 0.1) is 11.8 Å². The van der Waals surface area contributed by atoms with Gasteiger partial charge in [-0.15, -0.1) is 8.37 Å². The minimum absolute atomic E-state index is 0.249. The Bertz CT molecular complexity index is 277. The van der Waals surface area contributed by atoms with Crippen molar-refractivity contribution < 1.29 is 28.2 Å². The molecule has 0 heterocycles. The van der Waals surface area contributed by atoms with E-state index in [-0.39, 0.29) is 6.42 Å². The lowest BCUT2D eigenvalue weighted by Gasteiger charge is -2.21. The molecule has 6 nitrogen and oxygen atoms in total. The van der Waals surface area contributed by atoms with Crippen LogP contribution in [0.3, 0.4) is 0 Å². The van der Waals surface area contributed by atoms with Crippen molar-refractivity contribution in [1.82, 2.24) is 0 Å². The summed E-state index contributed by atoms with van der Waals surface area (Å²) in [5.74, 6) is -3.81. The number of hydrogen-bond acceptors (Lipinski definition) is 5. The standard InChI is InChI=1S/C12H22O6S/c1-4-17-19(18-5-2)8-6-7-10(12(15)16)9(3)11(13)14/h9-10H,4-8H2,1-3H3,(H-,13,14,15,16). The number of rotatable bonds is 11. The van der Waals surface area contributed by atoms with E-state index < -0.39 is 35.2 Å². The Hall–Kier alpha value is -0.790. The van der Waals surface area contributed by atoms with Gasteiger partial charge < -0.3 is 15.0 Å². The van der Waals surface area contributed by atoms with Gasteiger partial charge in [-0.1, -0.05) is 6.92 Å². The summed E-state index contributed by atoms with van der Waals surface area (Å²) in [4.78, 5) is 21.7. The van der Waals surface area contributed by atoms with Crippen molar-refractivity contribution >= 4 is 23.4 Å². The van der Waals surface area contributed by atoms with Crippen LogP contribution >= 0.6 is 0 Å². The van der Waals surface area contributed by atoms with Crippen molar-refractivity contribution in [2.75, 3.05) is 19.0 Å². The second kappa shape index (κ2) is 10.1. The summed E-state index contributed by atoms with van der Waals surface area (Å²) in [5.41, 5.74) is 0. The molecule has 0 aromatic rings. The third kappa shape index (κ3) is 7.39. The van der Waals surface area contributed by atoms with Gasteiger partial charge in [0.25, 0.3) is 0 Å². The predicted molar refractivity (Wildman–Crippen MR) is 70.0 cm³/mol. The van der Waals surface area contributed by atoms with Crippen LogP contribution in [0.1, 0.15) is 33.6 Å². The summed E-state index contributed by atoms with van der Waals surface area (Å²) in [6, 6.07) is 0. The SMILES string of the molecule is CCO[S+](CCCC(C(=O)[O-])C(C)C(=O)O)OCC. The first-order chi connectivity index (χ1) is 8.93. The van der Waals surface area contributed by atoms with Gasteiger partial charge in [-0.05, 0) is 26.7 Å². The molecule has 0 fully saturated rings. The molecule has 0 rings (SSSR count). The Balaban J connectivity index is 4.24. The van der Waals surface area contributed by atoms with Crippen LogP contribution in [0.2, 0.25) is 0 Å². The molecule has 0 spiro atoms. The van der Waals surface area contributed by atoms with E-state index in [0.717, 1.165) is 0 Å². The third-order valence-electron chi connectivity index (χ3n) is 2.62. The number of aliphatic carboxylic acids is 2. The maximum absolute atomic E-state index is 10.9. The fourth-order valence-electron chi connectivity index (χ4n) is 1.58. The smallest absolute Gasteiger partial charge is 0.314 e. The van der Waals surface area contributed by atoms with E-state index in [1.165, 1.54) is 6.92 Å². The van der Waals surface area contributed by atoms with Crippen molar-refractivity contribution in [3.63, 3.8) is 0 Å². The Morgan fingerprint density at radius 3 is 2.16 bits per heavy atom. The fourth-order valence-corrected chi connectivity index (χ4v) is 2.81. The molecule has 19 heavy (non-hydrogen) atoms. The zero-order valence-electron chi connectivity index (χ0n) is 11.6. The summed E-state index contributed by atoms with van der Waals surface area (Å²) >= 11 is -0.639. The number of carbonyl (C=O) groups is 2. The van der Waals surface area contributed by atoms with E-state index in [0.29, 0.717) is 25.4 Å². The molecule has 112 valence electrons. The molecule has 0 aliphatic rings. The van der Waals surface area contributed by atoms with Gasteiger partial charge in [0, 0.05) is 11.9 Å². The van der Waals surface area contributed by atoms with E-state index in [1.54, 1.807) is 0 Å². The molecule has 0 saturated heterocycles. The number of carboxylic acid groups (broad SMARTS) is 2. The van der Waals surface area contributed by atoms with Crippen LogP contribution in [0.15, 0.2) is 0 Å². The Labute approximate surface area is 116 Å². The van der Waals surface area contributed by atoms with E-state index >= 15 is 0 Å². The van der Waals surface area contributed by atoms with Gasteiger partial charge >= 0.3 is 17.4 Å². The number of hydrogen-bond donors (Lipinski definition) is 1. The largest absolute Gasteiger partial charge is 0.550 e. The second-order valence-electron chi connectivity index (χ2n) is 4.02. The molecule has 0 saturated carbocycles.